The van der Waals surface area contributed by atoms with E-state index in [-0.39, 0.29) is 11.1 Å². The fraction of sp³-hybridized carbons (Fsp3) is 0.111. The van der Waals surface area contributed by atoms with Crippen molar-refractivity contribution in [3.05, 3.63) is 29.3 Å². The van der Waals surface area contributed by atoms with Crippen LogP contribution in [0.5, 0.6) is 0 Å². The van der Waals surface area contributed by atoms with Crippen LogP contribution in [0.4, 0.5) is 5.69 Å². The third-order valence-corrected chi connectivity index (χ3v) is 1.71. The summed E-state index contributed by atoms with van der Waals surface area (Å²) in [5, 5.41) is 11.5. The maximum atomic E-state index is 10.8. The maximum absolute atomic E-state index is 10.8. The van der Waals surface area contributed by atoms with Gasteiger partial charge in [0, 0.05) is 18.3 Å². The lowest BCUT2D eigenvalue weighted by Gasteiger charge is -2.06. The van der Waals surface area contributed by atoms with Gasteiger partial charge < -0.3 is 10.4 Å². The van der Waals surface area contributed by atoms with E-state index in [1.54, 1.807) is 19.2 Å². The number of nitrogens with one attached hydrogen (secondary N) is 1. The Morgan fingerprint density at radius 1 is 1.54 bits per heavy atom. The van der Waals surface area contributed by atoms with Gasteiger partial charge >= 0.3 is 5.97 Å². The number of carbonyl (C=O) groups excluding carboxylic acids is 1. The molecule has 0 radical (unpaired) electrons. The lowest BCUT2D eigenvalue weighted by molar-refractivity contribution is 0.0695. The largest absolute Gasteiger partial charge is 0.478 e. The average molecular weight is 179 g/mol. The van der Waals surface area contributed by atoms with Crippen molar-refractivity contribution >= 4 is 17.9 Å². The molecule has 0 bridgehead atoms. The van der Waals surface area contributed by atoms with E-state index in [0.717, 1.165) is 0 Å². The van der Waals surface area contributed by atoms with E-state index in [0.29, 0.717) is 12.0 Å². The van der Waals surface area contributed by atoms with Gasteiger partial charge in [-0.05, 0) is 6.07 Å². The summed E-state index contributed by atoms with van der Waals surface area (Å²) in [5.41, 5.74) is 0.636. The zero-order valence-corrected chi connectivity index (χ0v) is 7.07. The molecular weight excluding hydrogens is 170 g/mol. The van der Waals surface area contributed by atoms with Crippen LogP contribution in [0.15, 0.2) is 18.2 Å². The highest BCUT2D eigenvalue weighted by Gasteiger charge is 2.13. The molecule has 4 heteroatoms. The Kier molecular flexibility index (Phi) is 2.64. The highest BCUT2D eigenvalue weighted by Crippen LogP contribution is 2.17. The molecule has 0 saturated carbocycles. The number of anilines is 1. The average Bonchev–Trinajstić information content (AvgIpc) is 2.16. The number of carbonyl (C=O) groups is 2. The third kappa shape index (κ3) is 1.66. The smallest absolute Gasteiger partial charge is 0.338 e. The topological polar surface area (TPSA) is 66.4 Å². The monoisotopic (exact) mass is 179 g/mol. The first-order chi connectivity index (χ1) is 6.20. The lowest BCUT2D eigenvalue weighted by Crippen LogP contribution is -2.06. The summed E-state index contributed by atoms with van der Waals surface area (Å²) in [5.74, 6) is -1.10. The van der Waals surface area contributed by atoms with Crippen molar-refractivity contribution in [3.63, 3.8) is 0 Å². The first kappa shape index (κ1) is 9.25. The molecule has 1 aromatic rings. The second kappa shape index (κ2) is 3.71. The quantitative estimate of drug-likeness (QED) is 0.685. The van der Waals surface area contributed by atoms with E-state index in [2.05, 4.69) is 5.32 Å². The second-order valence-corrected chi connectivity index (χ2v) is 2.44. The number of benzene rings is 1. The minimum absolute atomic E-state index is 0.0139. The predicted octanol–water partition coefficient (Wildman–Crippen LogP) is 1.24. The van der Waals surface area contributed by atoms with E-state index in [9.17, 15) is 9.59 Å². The van der Waals surface area contributed by atoms with Gasteiger partial charge in [0.2, 0.25) is 0 Å². The summed E-state index contributed by atoms with van der Waals surface area (Å²) in [6.45, 7) is 0. The predicted molar refractivity (Wildman–Crippen MR) is 48.3 cm³/mol. The molecule has 0 aliphatic heterocycles. The van der Waals surface area contributed by atoms with Gasteiger partial charge in [-0.1, -0.05) is 12.1 Å². The van der Waals surface area contributed by atoms with Crippen molar-refractivity contribution in [2.45, 2.75) is 0 Å². The molecule has 0 unspecified atom stereocenters. The maximum Gasteiger partial charge on any atom is 0.338 e. The van der Waals surface area contributed by atoms with Crippen LogP contribution in [0.3, 0.4) is 0 Å². The number of hydrogen-bond acceptors (Lipinski definition) is 3. The standard InChI is InChI=1S/C9H9NO3/c1-10-7-4-2-3-6(5-11)8(7)9(12)13/h2-5,10H,1H3,(H,12,13). The molecule has 2 N–H and O–H groups in total. The Balaban J connectivity index is 3.38. The van der Waals surface area contributed by atoms with Crippen molar-refractivity contribution < 1.29 is 14.7 Å². The van der Waals surface area contributed by atoms with Gasteiger partial charge in [0.15, 0.2) is 6.29 Å². The van der Waals surface area contributed by atoms with Gasteiger partial charge in [0.25, 0.3) is 0 Å². The summed E-state index contributed by atoms with van der Waals surface area (Å²) < 4.78 is 0. The summed E-state index contributed by atoms with van der Waals surface area (Å²) in [7, 11) is 1.61. The molecule has 68 valence electrons. The normalized spacial score (nSPS) is 9.31. The van der Waals surface area contributed by atoms with E-state index >= 15 is 0 Å². The Labute approximate surface area is 75.2 Å². The highest BCUT2D eigenvalue weighted by atomic mass is 16.4. The molecule has 0 saturated heterocycles. The first-order valence-corrected chi connectivity index (χ1v) is 3.70. The van der Waals surface area contributed by atoms with Crippen LogP contribution in [-0.2, 0) is 0 Å². The molecule has 0 amide bonds. The van der Waals surface area contributed by atoms with Crippen molar-refractivity contribution in [1.29, 1.82) is 0 Å². The minimum atomic E-state index is -1.10. The Hall–Kier alpha value is -1.84. The number of hydrogen-bond donors (Lipinski definition) is 2. The summed E-state index contributed by atoms with van der Waals surface area (Å²) in [6.07, 6.45) is 0.532. The first-order valence-electron chi connectivity index (χ1n) is 3.70. The van der Waals surface area contributed by atoms with Crippen molar-refractivity contribution in [2.24, 2.45) is 0 Å². The van der Waals surface area contributed by atoms with Gasteiger partial charge in [-0.15, -0.1) is 0 Å². The van der Waals surface area contributed by atoms with Gasteiger partial charge in [0.1, 0.15) is 0 Å². The van der Waals surface area contributed by atoms with Gasteiger partial charge in [-0.25, -0.2) is 4.79 Å². The third-order valence-electron chi connectivity index (χ3n) is 1.71. The molecule has 13 heavy (non-hydrogen) atoms. The molecule has 0 fully saturated rings. The molecule has 1 rings (SSSR count). The Morgan fingerprint density at radius 3 is 2.69 bits per heavy atom. The van der Waals surface area contributed by atoms with Crippen LogP contribution in [-0.4, -0.2) is 24.4 Å². The second-order valence-electron chi connectivity index (χ2n) is 2.44. The molecule has 0 heterocycles. The van der Waals surface area contributed by atoms with E-state index in [1.165, 1.54) is 6.07 Å². The van der Waals surface area contributed by atoms with Crippen LogP contribution in [0.25, 0.3) is 0 Å². The van der Waals surface area contributed by atoms with Crippen LogP contribution < -0.4 is 5.32 Å². The van der Waals surface area contributed by atoms with E-state index in [4.69, 9.17) is 5.11 Å². The molecule has 0 atom stereocenters. The summed E-state index contributed by atoms with van der Waals surface area (Å²) in [6, 6.07) is 4.70. The fourth-order valence-electron chi connectivity index (χ4n) is 1.12. The van der Waals surface area contributed by atoms with Crippen LogP contribution in [0.2, 0.25) is 0 Å². The Bertz CT molecular complexity index is 347. The van der Waals surface area contributed by atoms with Gasteiger partial charge in [0.05, 0.1) is 5.56 Å². The van der Waals surface area contributed by atoms with E-state index in [1.807, 2.05) is 0 Å². The Morgan fingerprint density at radius 2 is 2.23 bits per heavy atom. The SMILES string of the molecule is CNc1cccc(C=O)c1C(=O)O. The molecule has 0 aliphatic carbocycles. The van der Waals surface area contributed by atoms with Gasteiger partial charge in [-0.2, -0.15) is 0 Å². The van der Waals surface area contributed by atoms with Crippen LogP contribution >= 0.6 is 0 Å². The molecular formula is C9H9NO3. The summed E-state index contributed by atoms with van der Waals surface area (Å²) in [4.78, 5) is 21.3. The van der Waals surface area contributed by atoms with Crippen molar-refractivity contribution in [1.82, 2.24) is 0 Å². The number of aldehydes is 1. The number of carboxylic acid groups (broad SMARTS) is 1. The number of carboxylic acids is 1. The zero-order valence-electron chi connectivity index (χ0n) is 7.07. The summed E-state index contributed by atoms with van der Waals surface area (Å²) >= 11 is 0. The van der Waals surface area contributed by atoms with Crippen LogP contribution in [0, 0.1) is 0 Å². The van der Waals surface area contributed by atoms with Crippen molar-refractivity contribution in [2.75, 3.05) is 12.4 Å². The fourth-order valence-corrected chi connectivity index (χ4v) is 1.12. The van der Waals surface area contributed by atoms with Crippen LogP contribution in [0.1, 0.15) is 20.7 Å². The molecule has 4 nitrogen and oxygen atoms in total. The van der Waals surface area contributed by atoms with E-state index < -0.39 is 5.97 Å². The molecule has 0 aliphatic rings. The molecule has 1 aromatic carbocycles. The highest BCUT2D eigenvalue weighted by molar-refractivity contribution is 6.02. The van der Waals surface area contributed by atoms with Gasteiger partial charge in [-0.3, -0.25) is 4.79 Å². The number of rotatable bonds is 3. The lowest BCUT2D eigenvalue weighted by atomic mass is 10.1. The zero-order chi connectivity index (χ0) is 9.84. The molecule has 0 spiro atoms. The number of aromatic carboxylic acids is 1. The minimum Gasteiger partial charge on any atom is -0.478 e. The van der Waals surface area contributed by atoms with Crippen molar-refractivity contribution in [3.8, 4) is 0 Å². The molecule has 0 aromatic heterocycles.